The van der Waals surface area contributed by atoms with Gasteiger partial charge in [-0.1, -0.05) is 41.2 Å². The van der Waals surface area contributed by atoms with Gasteiger partial charge in [-0.3, -0.25) is 19.7 Å². The Morgan fingerprint density at radius 3 is 2.40 bits per heavy atom. The van der Waals surface area contributed by atoms with E-state index in [0.29, 0.717) is 21.9 Å². The van der Waals surface area contributed by atoms with Crippen LogP contribution in [0.2, 0.25) is 0 Å². The van der Waals surface area contributed by atoms with Crippen molar-refractivity contribution in [3.05, 3.63) is 53.6 Å². The van der Waals surface area contributed by atoms with E-state index in [2.05, 4.69) is 15.6 Å². The van der Waals surface area contributed by atoms with Crippen molar-refractivity contribution >= 4 is 50.0 Å². The van der Waals surface area contributed by atoms with Crippen molar-refractivity contribution < 1.29 is 14.4 Å². The van der Waals surface area contributed by atoms with E-state index in [9.17, 15) is 14.4 Å². The van der Waals surface area contributed by atoms with E-state index in [1.807, 2.05) is 6.92 Å². The number of fused-ring (bicyclic) bond motifs is 1. The maximum Gasteiger partial charge on any atom is 0.298 e. The number of rotatable bonds is 4. The molecule has 0 saturated carbocycles. The summed E-state index contributed by atoms with van der Waals surface area (Å²) >= 11 is 1.24. The predicted octanol–water partition coefficient (Wildman–Crippen LogP) is 3.38. The molecule has 2 amide bonds. The minimum absolute atomic E-state index is 0.166. The Balaban J connectivity index is 1.77. The first-order valence-corrected chi connectivity index (χ1v) is 8.34. The van der Waals surface area contributed by atoms with Crippen LogP contribution in [0.3, 0.4) is 0 Å². The highest BCUT2D eigenvalue weighted by Crippen LogP contribution is 2.28. The Morgan fingerprint density at radius 2 is 1.72 bits per heavy atom. The molecular formula is C18H15N3O3S. The standard InChI is InChI=1S/C18H15N3O3S/c1-10-3-5-12(6-4-10)16(23)17(24)21-18-20-14-8-7-13(19-11(2)22)9-15(14)25-18/h3-9H,1-2H3,(H,19,22)(H,20,21,24). The molecule has 126 valence electrons. The Morgan fingerprint density at radius 1 is 1.00 bits per heavy atom. The lowest BCUT2D eigenvalue weighted by Gasteiger charge is -2.01. The highest BCUT2D eigenvalue weighted by atomic mass is 32.1. The molecule has 0 atom stereocenters. The number of carbonyl (C=O) groups is 3. The lowest BCUT2D eigenvalue weighted by molar-refractivity contribution is -0.114. The van der Waals surface area contributed by atoms with E-state index >= 15 is 0 Å². The number of ketones is 1. The van der Waals surface area contributed by atoms with Crippen molar-refractivity contribution in [2.45, 2.75) is 13.8 Å². The number of hydrogen-bond donors (Lipinski definition) is 2. The molecule has 0 aliphatic heterocycles. The number of thiazole rings is 1. The zero-order chi connectivity index (χ0) is 18.0. The second-order valence-electron chi connectivity index (χ2n) is 5.53. The minimum Gasteiger partial charge on any atom is -0.326 e. The van der Waals surface area contributed by atoms with Crippen LogP contribution >= 0.6 is 11.3 Å². The van der Waals surface area contributed by atoms with Crippen LogP contribution in [0.5, 0.6) is 0 Å². The first kappa shape index (κ1) is 16.8. The molecule has 0 aliphatic rings. The van der Waals surface area contributed by atoms with Crippen LogP contribution in [0.25, 0.3) is 10.2 Å². The van der Waals surface area contributed by atoms with Gasteiger partial charge in [-0.25, -0.2) is 4.98 Å². The molecule has 3 aromatic rings. The lowest BCUT2D eigenvalue weighted by Crippen LogP contribution is -2.22. The molecule has 0 spiro atoms. The molecular weight excluding hydrogens is 338 g/mol. The monoisotopic (exact) mass is 353 g/mol. The van der Waals surface area contributed by atoms with Gasteiger partial charge in [0.1, 0.15) is 0 Å². The molecule has 2 aromatic carbocycles. The molecule has 0 unspecified atom stereocenters. The molecule has 1 heterocycles. The zero-order valence-electron chi connectivity index (χ0n) is 13.6. The third-order valence-corrected chi connectivity index (χ3v) is 4.38. The maximum atomic E-state index is 12.2. The summed E-state index contributed by atoms with van der Waals surface area (Å²) in [5.41, 5.74) is 2.67. The number of hydrogen-bond acceptors (Lipinski definition) is 5. The zero-order valence-corrected chi connectivity index (χ0v) is 14.4. The normalized spacial score (nSPS) is 10.5. The third-order valence-electron chi connectivity index (χ3n) is 3.45. The molecule has 3 rings (SSSR count). The van der Waals surface area contributed by atoms with Gasteiger partial charge in [0, 0.05) is 18.2 Å². The van der Waals surface area contributed by atoms with Gasteiger partial charge in [0.15, 0.2) is 5.13 Å². The molecule has 6 nitrogen and oxygen atoms in total. The Labute approximate surface area is 147 Å². The highest BCUT2D eigenvalue weighted by Gasteiger charge is 2.18. The number of nitrogens with zero attached hydrogens (tertiary/aromatic N) is 1. The van der Waals surface area contributed by atoms with Crippen molar-refractivity contribution in [1.82, 2.24) is 4.98 Å². The molecule has 7 heteroatoms. The number of aromatic nitrogens is 1. The maximum absolute atomic E-state index is 12.2. The molecule has 0 saturated heterocycles. The highest BCUT2D eigenvalue weighted by molar-refractivity contribution is 7.22. The van der Waals surface area contributed by atoms with Crippen molar-refractivity contribution in [3.8, 4) is 0 Å². The summed E-state index contributed by atoms with van der Waals surface area (Å²) in [6, 6.07) is 12.0. The van der Waals surface area contributed by atoms with Gasteiger partial charge in [0.25, 0.3) is 11.7 Å². The van der Waals surface area contributed by atoms with Crippen molar-refractivity contribution in [2.24, 2.45) is 0 Å². The van der Waals surface area contributed by atoms with Crippen molar-refractivity contribution in [1.29, 1.82) is 0 Å². The number of anilines is 2. The van der Waals surface area contributed by atoms with E-state index < -0.39 is 11.7 Å². The van der Waals surface area contributed by atoms with Gasteiger partial charge in [0.2, 0.25) is 5.91 Å². The van der Waals surface area contributed by atoms with Crippen molar-refractivity contribution in [3.63, 3.8) is 0 Å². The number of aryl methyl sites for hydroxylation is 1. The lowest BCUT2D eigenvalue weighted by atomic mass is 10.1. The van der Waals surface area contributed by atoms with Crippen molar-refractivity contribution in [2.75, 3.05) is 10.6 Å². The number of Topliss-reactive ketones (excluding diaryl/α,β-unsaturated/α-hetero) is 1. The average molecular weight is 353 g/mol. The molecule has 0 radical (unpaired) electrons. The third kappa shape index (κ3) is 3.89. The second kappa shape index (κ2) is 6.82. The fraction of sp³-hybridized carbons (Fsp3) is 0.111. The molecule has 0 bridgehead atoms. The summed E-state index contributed by atoms with van der Waals surface area (Å²) < 4.78 is 0.796. The van der Waals surface area contributed by atoms with E-state index in [4.69, 9.17) is 0 Å². The van der Waals surface area contributed by atoms with Gasteiger partial charge in [-0.15, -0.1) is 0 Å². The predicted molar refractivity (Wildman–Crippen MR) is 98.1 cm³/mol. The van der Waals surface area contributed by atoms with E-state index in [1.165, 1.54) is 18.3 Å². The quantitative estimate of drug-likeness (QED) is 0.556. The van der Waals surface area contributed by atoms with E-state index in [-0.39, 0.29) is 5.91 Å². The smallest absolute Gasteiger partial charge is 0.298 e. The Hall–Kier alpha value is -3.06. The van der Waals surface area contributed by atoms with Gasteiger partial charge in [0.05, 0.1) is 10.2 Å². The van der Waals surface area contributed by atoms with Gasteiger partial charge < -0.3 is 5.32 Å². The van der Waals surface area contributed by atoms with Crippen LogP contribution in [0.4, 0.5) is 10.8 Å². The minimum atomic E-state index is -0.731. The number of amides is 2. The van der Waals surface area contributed by atoms with Crippen LogP contribution in [-0.2, 0) is 9.59 Å². The second-order valence-corrected chi connectivity index (χ2v) is 6.56. The number of benzene rings is 2. The largest absolute Gasteiger partial charge is 0.326 e. The number of carbonyl (C=O) groups excluding carboxylic acids is 3. The summed E-state index contributed by atoms with van der Waals surface area (Å²) in [4.78, 5) is 39.7. The van der Waals surface area contributed by atoms with Crippen LogP contribution in [0, 0.1) is 6.92 Å². The summed E-state index contributed by atoms with van der Waals surface area (Å²) in [6.07, 6.45) is 0. The molecule has 1 aromatic heterocycles. The molecule has 25 heavy (non-hydrogen) atoms. The van der Waals surface area contributed by atoms with Gasteiger partial charge in [-0.05, 0) is 25.1 Å². The van der Waals surface area contributed by atoms with Crippen LogP contribution < -0.4 is 10.6 Å². The SMILES string of the molecule is CC(=O)Nc1ccc2nc(NC(=O)C(=O)c3ccc(C)cc3)sc2c1. The fourth-order valence-corrected chi connectivity index (χ4v) is 3.15. The van der Waals surface area contributed by atoms with Crippen LogP contribution in [-0.4, -0.2) is 22.6 Å². The first-order chi connectivity index (χ1) is 11.9. The Kier molecular flexibility index (Phi) is 4.58. The fourth-order valence-electron chi connectivity index (χ4n) is 2.25. The van der Waals surface area contributed by atoms with Gasteiger partial charge >= 0.3 is 0 Å². The summed E-state index contributed by atoms with van der Waals surface area (Å²) in [7, 11) is 0. The van der Waals surface area contributed by atoms with Crippen LogP contribution in [0.1, 0.15) is 22.8 Å². The first-order valence-electron chi connectivity index (χ1n) is 7.53. The summed E-state index contributed by atoms with van der Waals surface area (Å²) in [5, 5.41) is 5.56. The van der Waals surface area contributed by atoms with Gasteiger partial charge in [-0.2, -0.15) is 0 Å². The van der Waals surface area contributed by atoms with Crippen LogP contribution in [0.15, 0.2) is 42.5 Å². The molecule has 0 aliphatic carbocycles. The average Bonchev–Trinajstić information content (AvgIpc) is 2.95. The summed E-state index contributed by atoms with van der Waals surface area (Å²) in [6.45, 7) is 3.34. The Bertz CT molecular complexity index is 977. The van der Waals surface area contributed by atoms with E-state index in [0.717, 1.165) is 10.3 Å². The summed E-state index contributed by atoms with van der Waals surface area (Å²) in [5.74, 6) is -1.51. The molecule has 2 N–H and O–H groups in total. The molecule has 0 fully saturated rings. The number of nitrogens with one attached hydrogen (secondary N) is 2. The topological polar surface area (TPSA) is 88.2 Å². The van der Waals surface area contributed by atoms with E-state index in [1.54, 1.807) is 42.5 Å².